The van der Waals surface area contributed by atoms with E-state index >= 15 is 0 Å². The van der Waals surface area contributed by atoms with Crippen molar-refractivity contribution in [2.24, 2.45) is 5.92 Å². The maximum atomic E-state index is 12.4. The molecule has 0 aliphatic heterocycles. The lowest BCUT2D eigenvalue weighted by molar-refractivity contribution is -0.125. The molecule has 1 N–H and O–H groups in total. The number of nitrogens with zero attached hydrogens (tertiary/aromatic N) is 2. The predicted octanol–water partition coefficient (Wildman–Crippen LogP) is 3.71. The number of nitrogens with one attached hydrogen (secondary N) is 1. The van der Waals surface area contributed by atoms with Crippen molar-refractivity contribution >= 4 is 33.4 Å². The van der Waals surface area contributed by atoms with Gasteiger partial charge in [-0.05, 0) is 38.0 Å². The summed E-state index contributed by atoms with van der Waals surface area (Å²) in [6, 6.07) is 11.6. The van der Waals surface area contributed by atoms with E-state index < -0.39 is 5.97 Å². The number of fused-ring (bicyclic) bond motifs is 1. The van der Waals surface area contributed by atoms with Crippen molar-refractivity contribution in [3.8, 4) is 5.69 Å². The summed E-state index contributed by atoms with van der Waals surface area (Å²) in [7, 11) is 0. The zero-order valence-corrected chi connectivity index (χ0v) is 16.7. The zero-order valence-electron chi connectivity index (χ0n) is 15.9. The summed E-state index contributed by atoms with van der Waals surface area (Å²) in [5.41, 5.74) is 1.77. The molecule has 6 nitrogen and oxygen atoms in total. The van der Waals surface area contributed by atoms with Gasteiger partial charge in [0.1, 0.15) is 9.71 Å². The minimum atomic E-state index is -0.498. The molecule has 0 unspecified atom stereocenters. The third kappa shape index (κ3) is 4.19. The van der Waals surface area contributed by atoms with E-state index in [2.05, 4.69) is 10.4 Å². The molecule has 27 heavy (non-hydrogen) atoms. The van der Waals surface area contributed by atoms with Crippen LogP contribution in [0.15, 0.2) is 36.4 Å². The first-order valence-corrected chi connectivity index (χ1v) is 9.69. The molecule has 7 heteroatoms. The van der Waals surface area contributed by atoms with E-state index in [0.717, 1.165) is 21.6 Å². The highest BCUT2D eigenvalue weighted by Crippen LogP contribution is 2.30. The van der Waals surface area contributed by atoms with Crippen molar-refractivity contribution in [3.05, 3.63) is 47.0 Å². The van der Waals surface area contributed by atoms with Gasteiger partial charge in [0.25, 0.3) is 5.91 Å². The highest BCUT2D eigenvalue weighted by Gasteiger charge is 2.19. The second kappa shape index (κ2) is 7.92. The van der Waals surface area contributed by atoms with Gasteiger partial charge in [-0.3, -0.25) is 4.79 Å². The van der Waals surface area contributed by atoms with Crippen LogP contribution in [0.25, 0.3) is 15.9 Å². The van der Waals surface area contributed by atoms with Crippen LogP contribution in [0.1, 0.15) is 36.1 Å². The van der Waals surface area contributed by atoms with E-state index in [9.17, 15) is 9.59 Å². The normalized spacial score (nSPS) is 12.3. The number of ether oxygens (including phenoxy) is 1. The number of benzene rings is 1. The smallest absolute Gasteiger partial charge is 0.348 e. The molecule has 0 aliphatic rings. The third-order valence-electron chi connectivity index (χ3n) is 4.47. The minimum absolute atomic E-state index is 0.0278. The summed E-state index contributed by atoms with van der Waals surface area (Å²) in [6.07, 6.45) is 0. The first-order valence-electron chi connectivity index (χ1n) is 8.88. The largest absolute Gasteiger partial charge is 0.451 e. The van der Waals surface area contributed by atoms with Gasteiger partial charge in [-0.25, -0.2) is 9.48 Å². The van der Waals surface area contributed by atoms with E-state index in [4.69, 9.17) is 4.74 Å². The van der Waals surface area contributed by atoms with Gasteiger partial charge in [0, 0.05) is 11.4 Å². The van der Waals surface area contributed by atoms with Crippen LogP contribution in [0.2, 0.25) is 0 Å². The maximum absolute atomic E-state index is 12.4. The second-order valence-corrected chi connectivity index (χ2v) is 7.87. The quantitative estimate of drug-likeness (QED) is 0.657. The lowest BCUT2D eigenvalue weighted by atomic mass is 10.1. The Kier molecular flexibility index (Phi) is 5.60. The first-order chi connectivity index (χ1) is 12.9. The summed E-state index contributed by atoms with van der Waals surface area (Å²) in [4.78, 5) is 25.6. The van der Waals surface area contributed by atoms with Crippen molar-refractivity contribution in [3.63, 3.8) is 0 Å². The SMILES string of the molecule is Cc1nn(-c2ccccc2)c2sc(C(=O)OCC(=O)N[C@H](C)C(C)C)cc12. The van der Waals surface area contributed by atoms with Crippen LogP contribution >= 0.6 is 11.3 Å². The third-order valence-corrected chi connectivity index (χ3v) is 5.56. The second-order valence-electron chi connectivity index (χ2n) is 6.84. The highest BCUT2D eigenvalue weighted by atomic mass is 32.1. The Labute approximate surface area is 162 Å². The van der Waals surface area contributed by atoms with Gasteiger partial charge in [0.15, 0.2) is 6.61 Å². The van der Waals surface area contributed by atoms with Crippen LogP contribution in [0.5, 0.6) is 0 Å². The van der Waals surface area contributed by atoms with Gasteiger partial charge in [-0.1, -0.05) is 32.0 Å². The lowest BCUT2D eigenvalue weighted by Gasteiger charge is -2.17. The molecular weight excluding hydrogens is 362 g/mol. The summed E-state index contributed by atoms with van der Waals surface area (Å²) >= 11 is 1.31. The molecule has 0 radical (unpaired) electrons. The molecular formula is C20H23N3O3S. The molecule has 142 valence electrons. The van der Waals surface area contributed by atoms with Gasteiger partial charge >= 0.3 is 5.97 Å². The number of esters is 1. The van der Waals surface area contributed by atoms with Gasteiger partial charge in [0.2, 0.25) is 0 Å². The molecule has 2 aromatic heterocycles. The van der Waals surface area contributed by atoms with Gasteiger partial charge in [-0.15, -0.1) is 11.3 Å². The van der Waals surface area contributed by atoms with Crippen LogP contribution in [-0.2, 0) is 9.53 Å². The Morgan fingerprint density at radius 2 is 1.93 bits per heavy atom. The van der Waals surface area contributed by atoms with Crippen LogP contribution in [0, 0.1) is 12.8 Å². The number of carbonyl (C=O) groups is 2. The molecule has 0 bridgehead atoms. The predicted molar refractivity (Wildman–Crippen MR) is 106 cm³/mol. The van der Waals surface area contributed by atoms with Gasteiger partial charge < -0.3 is 10.1 Å². The molecule has 3 aromatic rings. The van der Waals surface area contributed by atoms with E-state index in [1.54, 1.807) is 6.07 Å². The van der Waals surface area contributed by atoms with E-state index in [0.29, 0.717) is 10.8 Å². The monoisotopic (exact) mass is 385 g/mol. The topological polar surface area (TPSA) is 73.2 Å². The summed E-state index contributed by atoms with van der Waals surface area (Å²) in [6.45, 7) is 7.59. The summed E-state index contributed by atoms with van der Waals surface area (Å²) in [5.74, 6) is -0.476. The molecule has 3 rings (SSSR count). The Balaban J connectivity index is 1.74. The Bertz CT molecular complexity index is 960. The highest BCUT2D eigenvalue weighted by molar-refractivity contribution is 7.20. The number of aromatic nitrogens is 2. The first kappa shape index (κ1) is 19.1. The van der Waals surface area contributed by atoms with Crippen molar-refractivity contribution in [1.82, 2.24) is 15.1 Å². The van der Waals surface area contributed by atoms with Crippen molar-refractivity contribution in [1.29, 1.82) is 0 Å². The number of thiophene rings is 1. The van der Waals surface area contributed by atoms with Crippen LogP contribution in [0.4, 0.5) is 0 Å². The number of para-hydroxylation sites is 1. The van der Waals surface area contributed by atoms with Gasteiger partial charge in [-0.2, -0.15) is 5.10 Å². The fourth-order valence-electron chi connectivity index (χ4n) is 2.56. The molecule has 1 aromatic carbocycles. The molecule has 0 saturated heterocycles. The van der Waals surface area contributed by atoms with Crippen molar-refractivity contribution < 1.29 is 14.3 Å². The zero-order chi connectivity index (χ0) is 19.6. The average molecular weight is 385 g/mol. The number of rotatable bonds is 6. The molecule has 0 saturated carbocycles. The number of hydrogen-bond acceptors (Lipinski definition) is 5. The molecule has 2 heterocycles. The molecule has 0 spiro atoms. The Hall–Kier alpha value is -2.67. The number of hydrogen-bond donors (Lipinski definition) is 1. The van der Waals surface area contributed by atoms with Crippen molar-refractivity contribution in [2.45, 2.75) is 33.7 Å². The molecule has 0 fully saturated rings. The van der Waals surface area contributed by atoms with Crippen LogP contribution < -0.4 is 5.32 Å². The number of carbonyl (C=O) groups excluding carboxylic acids is 2. The maximum Gasteiger partial charge on any atom is 0.348 e. The Morgan fingerprint density at radius 3 is 2.59 bits per heavy atom. The van der Waals surface area contributed by atoms with Crippen LogP contribution in [0.3, 0.4) is 0 Å². The van der Waals surface area contributed by atoms with Crippen molar-refractivity contribution in [2.75, 3.05) is 6.61 Å². The van der Waals surface area contributed by atoms with E-state index in [1.165, 1.54) is 11.3 Å². The average Bonchev–Trinajstić information content (AvgIpc) is 3.21. The minimum Gasteiger partial charge on any atom is -0.451 e. The Morgan fingerprint density at radius 1 is 1.22 bits per heavy atom. The van der Waals surface area contributed by atoms with E-state index in [-0.39, 0.29) is 18.6 Å². The van der Waals surface area contributed by atoms with Gasteiger partial charge in [0.05, 0.1) is 11.4 Å². The lowest BCUT2D eigenvalue weighted by Crippen LogP contribution is -2.38. The fourth-order valence-corrected chi connectivity index (χ4v) is 3.63. The molecule has 1 amide bonds. The fraction of sp³-hybridized carbons (Fsp3) is 0.350. The molecule has 1 atom stereocenters. The summed E-state index contributed by atoms with van der Waals surface area (Å²) in [5, 5.41) is 8.29. The molecule has 0 aliphatic carbocycles. The van der Waals surface area contributed by atoms with E-state index in [1.807, 2.05) is 62.7 Å². The number of aryl methyl sites for hydroxylation is 1. The van der Waals surface area contributed by atoms with Crippen LogP contribution in [-0.4, -0.2) is 34.3 Å². The standard InChI is InChI=1S/C20H23N3O3S/c1-12(2)13(3)21-18(24)11-26-20(25)17-10-16-14(4)22-23(19(16)27-17)15-8-6-5-7-9-15/h5-10,12-13H,11H2,1-4H3,(H,21,24)/t13-/m1/s1. The number of amides is 1. The summed E-state index contributed by atoms with van der Waals surface area (Å²) < 4.78 is 7.01.